The van der Waals surface area contributed by atoms with Gasteiger partial charge in [-0.25, -0.2) is 0 Å². The highest BCUT2D eigenvalue weighted by Gasteiger charge is 2.10. The van der Waals surface area contributed by atoms with E-state index < -0.39 is 5.97 Å². The molecule has 0 unspecified atom stereocenters. The van der Waals surface area contributed by atoms with Gasteiger partial charge in [0.25, 0.3) is 0 Å². The normalized spacial score (nSPS) is 10.3. The van der Waals surface area contributed by atoms with Crippen LogP contribution in [0.2, 0.25) is 0 Å². The molecule has 0 aliphatic carbocycles. The van der Waals surface area contributed by atoms with Crippen molar-refractivity contribution >= 4 is 11.9 Å². The maximum atomic E-state index is 11.6. The molecule has 0 aliphatic rings. The largest absolute Gasteiger partial charge is 0.497 e. The fourth-order valence-corrected chi connectivity index (χ4v) is 1.53. The van der Waals surface area contributed by atoms with Crippen LogP contribution in [0.4, 0.5) is 0 Å². The van der Waals surface area contributed by atoms with Gasteiger partial charge in [-0.3, -0.25) is 9.59 Å². The molecule has 0 bridgehead atoms. The van der Waals surface area contributed by atoms with E-state index in [1.54, 1.807) is 13.2 Å². The minimum atomic E-state index is -0.417. The van der Waals surface area contributed by atoms with Crippen LogP contribution in [-0.4, -0.2) is 25.7 Å². The molecule has 0 aliphatic heterocycles. The van der Waals surface area contributed by atoms with Crippen LogP contribution in [0.25, 0.3) is 0 Å². The summed E-state index contributed by atoms with van der Waals surface area (Å²) in [6.45, 7) is 4.44. The molecule has 0 spiro atoms. The van der Waals surface area contributed by atoms with Crippen molar-refractivity contribution in [3.63, 3.8) is 0 Å². The monoisotopic (exact) mass is 294 g/mol. The van der Waals surface area contributed by atoms with Crippen molar-refractivity contribution in [3.8, 4) is 5.75 Å². The number of rotatable bonds is 8. The van der Waals surface area contributed by atoms with Crippen molar-refractivity contribution in [1.82, 2.24) is 0 Å². The van der Waals surface area contributed by atoms with Crippen LogP contribution in [-0.2, 0) is 25.7 Å². The van der Waals surface area contributed by atoms with E-state index in [2.05, 4.69) is 0 Å². The van der Waals surface area contributed by atoms with Gasteiger partial charge in [-0.15, -0.1) is 0 Å². The fraction of sp³-hybridized carbons (Fsp3) is 0.500. The number of carbonyl (C=O) groups is 2. The SMILES string of the molecule is COc1cccc(COC(=O)CCC(=O)OCC(C)C)c1. The minimum Gasteiger partial charge on any atom is -0.497 e. The van der Waals surface area contributed by atoms with Gasteiger partial charge in [-0.05, 0) is 23.6 Å². The summed E-state index contributed by atoms with van der Waals surface area (Å²) in [5.41, 5.74) is 0.838. The summed E-state index contributed by atoms with van der Waals surface area (Å²) in [5, 5.41) is 0. The maximum Gasteiger partial charge on any atom is 0.306 e. The van der Waals surface area contributed by atoms with E-state index in [0.717, 1.165) is 5.56 Å². The third-order valence-corrected chi connectivity index (χ3v) is 2.64. The number of carbonyl (C=O) groups excluding carboxylic acids is 2. The molecule has 116 valence electrons. The fourth-order valence-electron chi connectivity index (χ4n) is 1.53. The highest BCUT2D eigenvalue weighted by atomic mass is 16.5. The Morgan fingerprint density at radius 2 is 1.76 bits per heavy atom. The molecule has 0 saturated heterocycles. The first-order chi connectivity index (χ1) is 10.0. The zero-order chi connectivity index (χ0) is 15.7. The topological polar surface area (TPSA) is 61.8 Å². The Bertz CT molecular complexity index is 467. The van der Waals surface area contributed by atoms with Crippen LogP contribution in [0.3, 0.4) is 0 Å². The lowest BCUT2D eigenvalue weighted by atomic mass is 10.2. The lowest BCUT2D eigenvalue weighted by Gasteiger charge is -2.08. The van der Waals surface area contributed by atoms with Crippen LogP contribution in [0.1, 0.15) is 32.3 Å². The smallest absolute Gasteiger partial charge is 0.306 e. The van der Waals surface area contributed by atoms with Gasteiger partial charge in [0.2, 0.25) is 0 Å². The second-order valence-electron chi connectivity index (χ2n) is 5.09. The number of hydrogen-bond acceptors (Lipinski definition) is 5. The standard InChI is InChI=1S/C16H22O5/c1-12(2)10-20-15(17)7-8-16(18)21-11-13-5-4-6-14(9-13)19-3/h4-6,9,12H,7-8,10-11H2,1-3H3. The molecule has 0 radical (unpaired) electrons. The van der Waals surface area contributed by atoms with Crippen LogP contribution in [0, 0.1) is 5.92 Å². The predicted octanol–water partition coefficient (Wildman–Crippen LogP) is 2.72. The first-order valence-corrected chi connectivity index (χ1v) is 6.95. The summed E-state index contributed by atoms with van der Waals surface area (Å²) in [4.78, 5) is 22.9. The van der Waals surface area contributed by atoms with Gasteiger partial charge in [-0.1, -0.05) is 26.0 Å². The van der Waals surface area contributed by atoms with Gasteiger partial charge in [0.05, 0.1) is 26.6 Å². The van der Waals surface area contributed by atoms with Crippen molar-refractivity contribution < 1.29 is 23.8 Å². The summed E-state index contributed by atoms with van der Waals surface area (Å²) in [5.74, 6) is 0.205. The number of benzene rings is 1. The second-order valence-corrected chi connectivity index (χ2v) is 5.09. The maximum absolute atomic E-state index is 11.6. The highest BCUT2D eigenvalue weighted by molar-refractivity contribution is 5.77. The molecule has 5 heteroatoms. The van der Waals surface area contributed by atoms with E-state index in [1.807, 2.05) is 32.0 Å². The Kier molecular flexibility index (Phi) is 7.29. The third kappa shape index (κ3) is 7.34. The molecule has 1 aromatic rings. The molecule has 1 aromatic carbocycles. The predicted molar refractivity (Wildman–Crippen MR) is 77.8 cm³/mol. The van der Waals surface area contributed by atoms with E-state index >= 15 is 0 Å². The molecule has 0 heterocycles. The van der Waals surface area contributed by atoms with E-state index in [0.29, 0.717) is 12.4 Å². The zero-order valence-electron chi connectivity index (χ0n) is 12.8. The Morgan fingerprint density at radius 1 is 1.10 bits per heavy atom. The molecular weight excluding hydrogens is 272 g/mol. The van der Waals surface area contributed by atoms with Gasteiger partial charge in [-0.2, -0.15) is 0 Å². The first-order valence-electron chi connectivity index (χ1n) is 6.95. The summed E-state index contributed by atoms with van der Waals surface area (Å²) < 4.78 is 15.2. The van der Waals surface area contributed by atoms with Crippen LogP contribution >= 0.6 is 0 Å². The van der Waals surface area contributed by atoms with E-state index in [9.17, 15) is 9.59 Å². The average Bonchev–Trinajstić information content (AvgIpc) is 2.49. The average molecular weight is 294 g/mol. The second kappa shape index (κ2) is 9.00. The number of esters is 2. The molecule has 0 saturated carbocycles. The zero-order valence-corrected chi connectivity index (χ0v) is 12.8. The van der Waals surface area contributed by atoms with Crippen LogP contribution in [0.15, 0.2) is 24.3 Å². The van der Waals surface area contributed by atoms with E-state index in [1.165, 1.54) is 0 Å². The Labute approximate surface area is 125 Å². The van der Waals surface area contributed by atoms with Gasteiger partial charge < -0.3 is 14.2 Å². The van der Waals surface area contributed by atoms with E-state index in [4.69, 9.17) is 14.2 Å². The first kappa shape index (κ1) is 17.0. The van der Waals surface area contributed by atoms with Gasteiger partial charge >= 0.3 is 11.9 Å². The van der Waals surface area contributed by atoms with Gasteiger partial charge in [0.1, 0.15) is 12.4 Å². The molecule has 1 rings (SSSR count). The lowest BCUT2D eigenvalue weighted by Crippen LogP contribution is -2.12. The Morgan fingerprint density at radius 3 is 2.38 bits per heavy atom. The van der Waals surface area contributed by atoms with Crippen molar-refractivity contribution in [2.75, 3.05) is 13.7 Å². The van der Waals surface area contributed by atoms with Crippen LogP contribution in [0.5, 0.6) is 5.75 Å². The van der Waals surface area contributed by atoms with Gasteiger partial charge in [0, 0.05) is 0 Å². The molecule has 0 atom stereocenters. The quantitative estimate of drug-likeness (QED) is 0.690. The van der Waals surface area contributed by atoms with Crippen molar-refractivity contribution in [2.45, 2.75) is 33.3 Å². The molecule has 0 aromatic heterocycles. The lowest BCUT2D eigenvalue weighted by molar-refractivity contribution is -0.151. The molecule has 0 amide bonds. The summed E-state index contributed by atoms with van der Waals surface area (Å²) in [6.07, 6.45) is 0.0740. The minimum absolute atomic E-state index is 0.0287. The highest BCUT2D eigenvalue weighted by Crippen LogP contribution is 2.13. The molecule has 0 N–H and O–H groups in total. The van der Waals surface area contributed by atoms with Crippen LogP contribution < -0.4 is 4.74 Å². The molecule has 5 nitrogen and oxygen atoms in total. The Balaban J connectivity index is 2.26. The number of methoxy groups -OCH3 is 1. The number of hydrogen-bond donors (Lipinski definition) is 0. The third-order valence-electron chi connectivity index (χ3n) is 2.64. The molecule has 21 heavy (non-hydrogen) atoms. The van der Waals surface area contributed by atoms with Crippen molar-refractivity contribution in [3.05, 3.63) is 29.8 Å². The Hall–Kier alpha value is -2.04. The van der Waals surface area contributed by atoms with Crippen molar-refractivity contribution in [2.24, 2.45) is 5.92 Å². The summed E-state index contributed by atoms with van der Waals surface area (Å²) in [6, 6.07) is 7.28. The van der Waals surface area contributed by atoms with Gasteiger partial charge in [0.15, 0.2) is 0 Å². The number of ether oxygens (including phenoxy) is 3. The molecule has 0 fully saturated rings. The van der Waals surface area contributed by atoms with E-state index in [-0.39, 0.29) is 31.3 Å². The summed E-state index contributed by atoms with van der Waals surface area (Å²) in [7, 11) is 1.58. The van der Waals surface area contributed by atoms with Crippen molar-refractivity contribution in [1.29, 1.82) is 0 Å². The molecular formula is C16H22O5. The summed E-state index contributed by atoms with van der Waals surface area (Å²) >= 11 is 0.